The fourth-order valence-electron chi connectivity index (χ4n) is 1.94. The zero-order valence-corrected chi connectivity index (χ0v) is 11.9. The summed E-state index contributed by atoms with van der Waals surface area (Å²) in [5, 5.41) is 0.690. The monoisotopic (exact) mass is 293 g/mol. The van der Waals surface area contributed by atoms with Crippen molar-refractivity contribution >= 4 is 17.6 Å². The summed E-state index contributed by atoms with van der Waals surface area (Å²) in [5.41, 5.74) is 6.82. The number of nitrogens with zero attached hydrogens (tertiary/aromatic N) is 2. The van der Waals surface area contributed by atoms with E-state index in [4.69, 9.17) is 17.3 Å². The number of aromatic nitrogens is 2. The third-order valence-electron chi connectivity index (χ3n) is 2.95. The van der Waals surface area contributed by atoms with Crippen molar-refractivity contribution in [2.24, 2.45) is 5.73 Å². The predicted octanol–water partition coefficient (Wildman–Crippen LogP) is 1.63. The van der Waals surface area contributed by atoms with Crippen LogP contribution in [0.4, 0.5) is 0 Å². The average Bonchev–Trinajstić information content (AvgIpc) is 2.85. The summed E-state index contributed by atoms with van der Waals surface area (Å²) in [5.74, 6) is 0.296. The molecule has 5 nitrogen and oxygen atoms in total. The van der Waals surface area contributed by atoms with Gasteiger partial charge in [-0.05, 0) is 17.7 Å². The van der Waals surface area contributed by atoms with Crippen LogP contribution in [0.2, 0.25) is 5.02 Å². The molecule has 1 unspecified atom stereocenters. The maximum absolute atomic E-state index is 11.4. The molecule has 2 N–H and O–H groups in total. The summed E-state index contributed by atoms with van der Waals surface area (Å²) in [6.07, 6.45) is 3.87. The van der Waals surface area contributed by atoms with Gasteiger partial charge in [0.2, 0.25) is 0 Å². The van der Waals surface area contributed by atoms with Gasteiger partial charge in [0.1, 0.15) is 11.9 Å². The van der Waals surface area contributed by atoms with Gasteiger partial charge < -0.3 is 15.0 Å². The Labute approximate surface area is 122 Å². The molecule has 0 aliphatic rings. The second kappa shape index (κ2) is 6.54. The first-order valence-electron chi connectivity index (χ1n) is 6.18. The Hall–Kier alpha value is -1.85. The minimum atomic E-state index is -0.708. The number of carbonyl (C=O) groups is 1. The zero-order valence-electron chi connectivity index (χ0n) is 11.1. The zero-order chi connectivity index (χ0) is 14.5. The highest BCUT2D eigenvalue weighted by Gasteiger charge is 2.17. The summed E-state index contributed by atoms with van der Waals surface area (Å²) >= 11 is 5.96. The second-order valence-electron chi connectivity index (χ2n) is 4.44. The van der Waals surface area contributed by atoms with Gasteiger partial charge in [-0.1, -0.05) is 23.7 Å². The van der Waals surface area contributed by atoms with Crippen molar-refractivity contribution < 1.29 is 9.53 Å². The largest absolute Gasteiger partial charge is 0.468 e. The first-order valence-corrected chi connectivity index (χ1v) is 6.56. The molecule has 0 bridgehead atoms. The highest BCUT2D eigenvalue weighted by molar-refractivity contribution is 6.30. The normalized spacial score (nSPS) is 12.2. The fourth-order valence-corrected chi connectivity index (χ4v) is 2.15. The van der Waals surface area contributed by atoms with E-state index in [1.807, 2.05) is 35.0 Å². The van der Waals surface area contributed by atoms with E-state index in [0.717, 1.165) is 11.4 Å². The van der Waals surface area contributed by atoms with Gasteiger partial charge in [-0.15, -0.1) is 0 Å². The van der Waals surface area contributed by atoms with Gasteiger partial charge in [-0.25, -0.2) is 4.98 Å². The molecule has 0 fully saturated rings. The molecule has 0 saturated heterocycles. The molecule has 6 heteroatoms. The number of imidazole rings is 1. The predicted molar refractivity (Wildman–Crippen MR) is 76.5 cm³/mol. The van der Waals surface area contributed by atoms with Crippen molar-refractivity contribution in [3.8, 4) is 0 Å². The molecule has 0 spiro atoms. The van der Waals surface area contributed by atoms with E-state index < -0.39 is 12.0 Å². The van der Waals surface area contributed by atoms with Gasteiger partial charge >= 0.3 is 5.97 Å². The second-order valence-corrected chi connectivity index (χ2v) is 4.87. The van der Waals surface area contributed by atoms with Gasteiger partial charge in [-0.3, -0.25) is 4.79 Å². The summed E-state index contributed by atoms with van der Waals surface area (Å²) in [6.45, 7) is 0.629. The number of hydrogen-bond donors (Lipinski definition) is 1. The molecule has 0 radical (unpaired) electrons. The smallest absolute Gasteiger partial charge is 0.323 e. The van der Waals surface area contributed by atoms with Gasteiger partial charge in [0.05, 0.1) is 7.11 Å². The SMILES string of the molecule is COC(=O)C(N)Cc1nccn1Cc1cccc(Cl)c1. The minimum absolute atomic E-state index is 0.334. The molecule has 1 heterocycles. The van der Waals surface area contributed by atoms with E-state index in [9.17, 15) is 4.79 Å². The van der Waals surface area contributed by atoms with Crippen LogP contribution in [0.1, 0.15) is 11.4 Å². The molecule has 2 aromatic rings. The molecule has 106 valence electrons. The number of methoxy groups -OCH3 is 1. The number of ether oxygens (including phenoxy) is 1. The van der Waals surface area contributed by atoms with Crippen LogP contribution in [0.3, 0.4) is 0 Å². The van der Waals surface area contributed by atoms with E-state index in [1.165, 1.54) is 7.11 Å². The molecule has 2 rings (SSSR count). The first-order chi connectivity index (χ1) is 9.60. The van der Waals surface area contributed by atoms with Gasteiger partial charge in [0, 0.05) is 30.4 Å². The standard InChI is InChI=1S/C14H16ClN3O2/c1-20-14(19)12(16)8-13-17-5-6-18(13)9-10-3-2-4-11(15)7-10/h2-7,12H,8-9,16H2,1H3. The van der Waals surface area contributed by atoms with Crippen molar-refractivity contribution in [2.45, 2.75) is 19.0 Å². The maximum atomic E-state index is 11.4. The highest BCUT2D eigenvalue weighted by atomic mass is 35.5. The van der Waals surface area contributed by atoms with Crippen LogP contribution in [0.25, 0.3) is 0 Å². The number of carbonyl (C=O) groups excluding carboxylic acids is 1. The lowest BCUT2D eigenvalue weighted by Gasteiger charge is -2.11. The van der Waals surface area contributed by atoms with E-state index in [1.54, 1.807) is 6.20 Å². The van der Waals surface area contributed by atoms with Crippen molar-refractivity contribution in [3.05, 3.63) is 53.1 Å². The van der Waals surface area contributed by atoms with Crippen LogP contribution >= 0.6 is 11.6 Å². The lowest BCUT2D eigenvalue weighted by atomic mass is 10.2. The van der Waals surface area contributed by atoms with Crippen LogP contribution in [0.5, 0.6) is 0 Å². The van der Waals surface area contributed by atoms with Crippen molar-refractivity contribution in [1.29, 1.82) is 0 Å². The molecule has 1 atom stereocenters. The van der Waals surface area contributed by atoms with Gasteiger partial charge in [0.15, 0.2) is 0 Å². The molecule has 0 aliphatic carbocycles. The molecule has 0 saturated carbocycles. The molecular formula is C14H16ClN3O2. The van der Waals surface area contributed by atoms with Crippen LogP contribution in [-0.4, -0.2) is 28.7 Å². The average molecular weight is 294 g/mol. The van der Waals surface area contributed by atoms with Crippen molar-refractivity contribution in [2.75, 3.05) is 7.11 Å². The number of hydrogen-bond acceptors (Lipinski definition) is 4. The Balaban J connectivity index is 2.11. The highest BCUT2D eigenvalue weighted by Crippen LogP contribution is 2.13. The number of esters is 1. The summed E-state index contributed by atoms with van der Waals surface area (Å²) in [7, 11) is 1.32. The Morgan fingerprint density at radius 1 is 1.55 bits per heavy atom. The Morgan fingerprint density at radius 3 is 3.05 bits per heavy atom. The van der Waals surface area contributed by atoms with E-state index in [-0.39, 0.29) is 0 Å². The summed E-state index contributed by atoms with van der Waals surface area (Å²) < 4.78 is 6.56. The molecule has 1 aromatic carbocycles. The van der Waals surface area contributed by atoms with Crippen LogP contribution in [0, 0.1) is 0 Å². The number of halogens is 1. The van der Waals surface area contributed by atoms with E-state index in [2.05, 4.69) is 9.72 Å². The lowest BCUT2D eigenvalue weighted by molar-refractivity contribution is -0.142. The third-order valence-corrected chi connectivity index (χ3v) is 3.19. The maximum Gasteiger partial charge on any atom is 0.323 e. The van der Waals surface area contributed by atoms with Crippen molar-refractivity contribution in [1.82, 2.24) is 9.55 Å². The van der Waals surface area contributed by atoms with Crippen LogP contribution in [0.15, 0.2) is 36.7 Å². The van der Waals surface area contributed by atoms with Gasteiger partial charge in [0.25, 0.3) is 0 Å². The Kier molecular flexibility index (Phi) is 4.76. The van der Waals surface area contributed by atoms with E-state index >= 15 is 0 Å². The first kappa shape index (κ1) is 14.6. The molecule has 20 heavy (non-hydrogen) atoms. The summed E-state index contributed by atoms with van der Waals surface area (Å²) in [6, 6.07) is 6.89. The molecular weight excluding hydrogens is 278 g/mol. The third kappa shape index (κ3) is 3.59. The van der Waals surface area contributed by atoms with Crippen LogP contribution in [-0.2, 0) is 22.5 Å². The number of benzene rings is 1. The number of nitrogens with two attached hydrogens (primary N) is 1. The molecule has 1 aromatic heterocycles. The lowest BCUT2D eigenvalue weighted by Crippen LogP contribution is -2.34. The Bertz CT molecular complexity index is 598. The fraction of sp³-hybridized carbons (Fsp3) is 0.286. The minimum Gasteiger partial charge on any atom is -0.468 e. The quantitative estimate of drug-likeness (QED) is 0.851. The Morgan fingerprint density at radius 2 is 2.35 bits per heavy atom. The summed E-state index contributed by atoms with van der Waals surface area (Å²) in [4.78, 5) is 15.6. The van der Waals surface area contributed by atoms with Crippen LogP contribution < -0.4 is 5.73 Å². The molecule has 0 aliphatic heterocycles. The van der Waals surface area contributed by atoms with Gasteiger partial charge in [-0.2, -0.15) is 0 Å². The molecule has 0 amide bonds. The topological polar surface area (TPSA) is 70.1 Å². The number of rotatable bonds is 5. The van der Waals surface area contributed by atoms with Crippen molar-refractivity contribution in [3.63, 3.8) is 0 Å². The van der Waals surface area contributed by atoms with E-state index in [0.29, 0.717) is 18.0 Å².